The standard InChI is InChI=1S/C16H19N3S/c1-9-5-10(2)14(11(3)6-9)16-18-13-8-20-7-12(13)15(17-4)19-16/h5-6H,7-8H2,1-4H3,(H,17,18,19). The van der Waals surface area contributed by atoms with E-state index in [1.807, 2.05) is 18.8 Å². The third-order valence-corrected chi connectivity index (χ3v) is 4.69. The number of nitrogens with zero attached hydrogens (tertiary/aromatic N) is 2. The second kappa shape index (κ2) is 5.09. The van der Waals surface area contributed by atoms with E-state index in [1.54, 1.807) is 0 Å². The van der Waals surface area contributed by atoms with Gasteiger partial charge in [-0.2, -0.15) is 11.8 Å². The number of benzene rings is 1. The third kappa shape index (κ3) is 2.18. The second-order valence-electron chi connectivity index (χ2n) is 5.34. The van der Waals surface area contributed by atoms with E-state index in [-0.39, 0.29) is 0 Å². The SMILES string of the molecule is CNc1nc(-c2c(C)cc(C)cc2C)nc2c1CSC2. The molecule has 1 N–H and O–H groups in total. The number of thioether (sulfide) groups is 1. The summed E-state index contributed by atoms with van der Waals surface area (Å²) in [6.45, 7) is 6.41. The molecular formula is C16H19N3S. The van der Waals surface area contributed by atoms with Gasteiger partial charge in [0.1, 0.15) is 5.82 Å². The van der Waals surface area contributed by atoms with Crippen molar-refractivity contribution in [2.75, 3.05) is 12.4 Å². The number of hydrogen-bond acceptors (Lipinski definition) is 4. The second-order valence-corrected chi connectivity index (χ2v) is 6.32. The van der Waals surface area contributed by atoms with E-state index in [9.17, 15) is 0 Å². The van der Waals surface area contributed by atoms with Gasteiger partial charge in [-0.05, 0) is 31.9 Å². The Kier molecular flexibility index (Phi) is 3.42. The predicted molar refractivity (Wildman–Crippen MR) is 86.2 cm³/mol. The molecule has 0 spiro atoms. The summed E-state index contributed by atoms with van der Waals surface area (Å²) in [6, 6.07) is 4.40. The molecule has 104 valence electrons. The maximum atomic E-state index is 4.81. The zero-order valence-corrected chi connectivity index (χ0v) is 13.2. The number of anilines is 1. The molecule has 0 fully saturated rings. The van der Waals surface area contributed by atoms with Gasteiger partial charge in [0.05, 0.1) is 5.69 Å². The molecule has 0 aliphatic carbocycles. The smallest absolute Gasteiger partial charge is 0.162 e. The highest BCUT2D eigenvalue weighted by atomic mass is 32.2. The number of fused-ring (bicyclic) bond motifs is 1. The van der Waals surface area contributed by atoms with Crippen molar-refractivity contribution in [2.24, 2.45) is 0 Å². The summed E-state index contributed by atoms with van der Waals surface area (Å²) in [4.78, 5) is 9.56. The molecule has 0 radical (unpaired) electrons. The Morgan fingerprint density at radius 1 is 1.05 bits per heavy atom. The molecule has 0 amide bonds. The van der Waals surface area contributed by atoms with Crippen LogP contribution < -0.4 is 5.32 Å². The third-order valence-electron chi connectivity index (χ3n) is 3.72. The highest BCUT2D eigenvalue weighted by molar-refractivity contribution is 7.98. The molecule has 1 aromatic carbocycles. The van der Waals surface area contributed by atoms with Crippen molar-refractivity contribution in [3.8, 4) is 11.4 Å². The molecular weight excluding hydrogens is 266 g/mol. The van der Waals surface area contributed by atoms with Gasteiger partial charge in [-0.1, -0.05) is 17.7 Å². The minimum absolute atomic E-state index is 0.852. The number of rotatable bonds is 2. The van der Waals surface area contributed by atoms with Crippen LogP contribution in [0.2, 0.25) is 0 Å². The van der Waals surface area contributed by atoms with Gasteiger partial charge in [0, 0.05) is 29.7 Å². The molecule has 1 aromatic heterocycles. The fourth-order valence-corrected chi connectivity index (χ4v) is 3.94. The summed E-state index contributed by atoms with van der Waals surface area (Å²) in [5, 5.41) is 3.22. The lowest BCUT2D eigenvalue weighted by Crippen LogP contribution is -2.05. The minimum atomic E-state index is 0.852. The molecule has 3 nitrogen and oxygen atoms in total. The highest BCUT2D eigenvalue weighted by Gasteiger charge is 2.21. The van der Waals surface area contributed by atoms with E-state index in [0.717, 1.165) is 23.1 Å². The van der Waals surface area contributed by atoms with Crippen LogP contribution >= 0.6 is 11.8 Å². The van der Waals surface area contributed by atoms with Gasteiger partial charge in [-0.3, -0.25) is 0 Å². The van der Waals surface area contributed by atoms with Crippen LogP contribution in [0.1, 0.15) is 27.9 Å². The number of aromatic nitrogens is 2. The zero-order valence-electron chi connectivity index (χ0n) is 12.4. The quantitative estimate of drug-likeness (QED) is 0.909. The van der Waals surface area contributed by atoms with E-state index < -0.39 is 0 Å². The van der Waals surface area contributed by atoms with Gasteiger partial charge in [-0.15, -0.1) is 0 Å². The van der Waals surface area contributed by atoms with Crippen molar-refractivity contribution < 1.29 is 0 Å². The molecule has 4 heteroatoms. The Hall–Kier alpha value is -1.55. The Morgan fingerprint density at radius 2 is 1.75 bits per heavy atom. The summed E-state index contributed by atoms with van der Waals surface area (Å²) >= 11 is 1.90. The molecule has 20 heavy (non-hydrogen) atoms. The lowest BCUT2D eigenvalue weighted by atomic mass is 9.99. The molecule has 2 heterocycles. The molecule has 0 atom stereocenters. The van der Waals surface area contributed by atoms with Crippen molar-refractivity contribution in [3.05, 3.63) is 40.1 Å². The van der Waals surface area contributed by atoms with E-state index >= 15 is 0 Å². The monoisotopic (exact) mass is 285 g/mol. The Bertz CT molecular complexity index is 657. The average Bonchev–Trinajstić information content (AvgIpc) is 2.84. The van der Waals surface area contributed by atoms with Crippen LogP contribution in [0.15, 0.2) is 12.1 Å². The molecule has 1 aliphatic rings. The molecule has 0 saturated carbocycles. The molecule has 2 aromatic rings. The first-order chi connectivity index (χ1) is 9.60. The predicted octanol–water partition coefficient (Wildman–Crippen LogP) is 3.86. The van der Waals surface area contributed by atoms with Gasteiger partial charge < -0.3 is 5.32 Å². The Labute approximate surface area is 124 Å². The average molecular weight is 285 g/mol. The first kappa shape index (κ1) is 13.4. The Balaban J connectivity index is 2.21. The molecule has 0 saturated heterocycles. The summed E-state index contributed by atoms with van der Waals surface area (Å²) in [5.74, 6) is 3.83. The van der Waals surface area contributed by atoms with Crippen LogP contribution in [0.5, 0.6) is 0 Å². The molecule has 0 unspecified atom stereocenters. The molecule has 1 aliphatic heterocycles. The maximum Gasteiger partial charge on any atom is 0.162 e. The van der Waals surface area contributed by atoms with Crippen LogP contribution in [0, 0.1) is 20.8 Å². The number of nitrogens with one attached hydrogen (secondary N) is 1. The van der Waals surface area contributed by atoms with Gasteiger partial charge in [0.15, 0.2) is 5.82 Å². The van der Waals surface area contributed by atoms with E-state index in [4.69, 9.17) is 9.97 Å². The summed E-state index contributed by atoms with van der Waals surface area (Å²) < 4.78 is 0. The summed E-state index contributed by atoms with van der Waals surface area (Å²) in [6.07, 6.45) is 0. The van der Waals surface area contributed by atoms with Crippen LogP contribution in [-0.4, -0.2) is 17.0 Å². The number of hydrogen-bond donors (Lipinski definition) is 1. The maximum absolute atomic E-state index is 4.81. The van der Waals surface area contributed by atoms with Gasteiger partial charge in [0.2, 0.25) is 0 Å². The normalized spacial score (nSPS) is 13.4. The van der Waals surface area contributed by atoms with Crippen molar-refractivity contribution in [1.82, 2.24) is 9.97 Å². The van der Waals surface area contributed by atoms with Crippen molar-refractivity contribution in [1.29, 1.82) is 0 Å². The summed E-state index contributed by atoms with van der Waals surface area (Å²) in [7, 11) is 1.93. The lowest BCUT2D eigenvalue weighted by Gasteiger charge is -2.13. The van der Waals surface area contributed by atoms with Crippen molar-refractivity contribution in [2.45, 2.75) is 32.3 Å². The topological polar surface area (TPSA) is 37.8 Å². The minimum Gasteiger partial charge on any atom is -0.373 e. The van der Waals surface area contributed by atoms with Gasteiger partial charge >= 0.3 is 0 Å². The lowest BCUT2D eigenvalue weighted by molar-refractivity contribution is 1.06. The fourth-order valence-electron chi connectivity index (χ4n) is 2.90. The molecule has 3 rings (SSSR count). The van der Waals surface area contributed by atoms with Crippen molar-refractivity contribution in [3.63, 3.8) is 0 Å². The van der Waals surface area contributed by atoms with E-state index in [1.165, 1.54) is 33.5 Å². The van der Waals surface area contributed by atoms with Gasteiger partial charge in [-0.25, -0.2) is 9.97 Å². The van der Waals surface area contributed by atoms with E-state index in [0.29, 0.717) is 0 Å². The van der Waals surface area contributed by atoms with Crippen LogP contribution in [0.4, 0.5) is 5.82 Å². The first-order valence-corrected chi connectivity index (χ1v) is 7.99. The van der Waals surface area contributed by atoms with E-state index in [2.05, 4.69) is 38.2 Å². The molecule has 0 bridgehead atoms. The summed E-state index contributed by atoms with van der Waals surface area (Å²) in [5.41, 5.74) is 7.40. The van der Waals surface area contributed by atoms with Crippen LogP contribution in [0.3, 0.4) is 0 Å². The zero-order chi connectivity index (χ0) is 14.3. The number of aryl methyl sites for hydroxylation is 3. The van der Waals surface area contributed by atoms with Crippen molar-refractivity contribution >= 4 is 17.6 Å². The fraction of sp³-hybridized carbons (Fsp3) is 0.375. The van der Waals surface area contributed by atoms with Crippen LogP contribution in [0.25, 0.3) is 11.4 Å². The largest absolute Gasteiger partial charge is 0.373 e. The highest BCUT2D eigenvalue weighted by Crippen LogP contribution is 2.35. The van der Waals surface area contributed by atoms with Gasteiger partial charge in [0.25, 0.3) is 0 Å². The van der Waals surface area contributed by atoms with Crippen LogP contribution in [-0.2, 0) is 11.5 Å². The Morgan fingerprint density at radius 3 is 2.40 bits per heavy atom. The first-order valence-electron chi connectivity index (χ1n) is 6.83.